The van der Waals surface area contributed by atoms with E-state index in [0.717, 1.165) is 29.5 Å². The molecule has 2 rings (SSSR count). The highest BCUT2D eigenvalue weighted by atomic mass is 35.5. The number of nitrogens with one attached hydrogen (secondary N) is 1. The van der Waals surface area contributed by atoms with Crippen molar-refractivity contribution in [2.45, 2.75) is 13.8 Å². The Kier molecular flexibility index (Phi) is 5.51. The zero-order valence-corrected chi connectivity index (χ0v) is 13.8. The van der Waals surface area contributed by atoms with Crippen molar-refractivity contribution < 1.29 is 18.4 Å². The molecule has 0 heterocycles. The third-order valence-electron chi connectivity index (χ3n) is 3.34. The van der Waals surface area contributed by atoms with Crippen molar-refractivity contribution >= 4 is 34.8 Å². The van der Waals surface area contributed by atoms with Gasteiger partial charge in [-0.05, 0) is 36.8 Å². The summed E-state index contributed by atoms with van der Waals surface area (Å²) >= 11 is 5.98. The number of rotatable bonds is 4. The minimum absolute atomic E-state index is 0.424. The Morgan fingerprint density at radius 1 is 1.17 bits per heavy atom. The van der Waals surface area contributed by atoms with E-state index in [2.05, 4.69) is 5.32 Å². The van der Waals surface area contributed by atoms with Crippen molar-refractivity contribution in [1.82, 2.24) is 0 Å². The van der Waals surface area contributed by atoms with Gasteiger partial charge < -0.3 is 5.32 Å². The summed E-state index contributed by atoms with van der Waals surface area (Å²) < 4.78 is 27.7. The van der Waals surface area contributed by atoms with Gasteiger partial charge in [-0.15, -0.1) is 0 Å². The van der Waals surface area contributed by atoms with Gasteiger partial charge in [-0.2, -0.15) is 0 Å². The van der Waals surface area contributed by atoms with Gasteiger partial charge in [-0.25, -0.2) is 8.78 Å². The van der Waals surface area contributed by atoms with Crippen LogP contribution in [0.2, 0.25) is 5.02 Å². The molecule has 0 bridgehead atoms. The van der Waals surface area contributed by atoms with E-state index in [1.807, 2.05) is 6.92 Å². The lowest BCUT2D eigenvalue weighted by molar-refractivity contribution is -0.120. The number of para-hydroxylation sites is 1. The highest BCUT2D eigenvalue weighted by molar-refractivity contribution is 6.31. The molecule has 7 heteroatoms. The molecule has 0 fully saturated rings. The van der Waals surface area contributed by atoms with Crippen LogP contribution in [-0.2, 0) is 9.59 Å². The van der Waals surface area contributed by atoms with Gasteiger partial charge in [0.05, 0.1) is 0 Å². The summed E-state index contributed by atoms with van der Waals surface area (Å²) in [5.74, 6) is -3.10. The van der Waals surface area contributed by atoms with Crippen LogP contribution in [0.15, 0.2) is 36.4 Å². The number of anilines is 2. The molecule has 2 amide bonds. The summed E-state index contributed by atoms with van der Waals surface area (Å²) in [5.41, 5.74) is 0.712. The number of benzene rings is 2. The molecule has 0 spiro atoms. The Labute approximate surface area is 143 Å². The van der Waals surface area contributed by atoms with Gasteiger partial charge in [0.2, 0.25) is 11.8 Å². The molecule has 0 saturated carbocycles. The van der Waals surface area contributed by atoms with Gasteiger partial charge in [0.1, 0.15) is 23.9 Å². The third-order valence-corrected chi connectivity index (χ3v) is 3.75. The van der Waals surface area contributed by atoms with Crippen LogP contribution >= 0.6 is 11.6 Å². The molecule has 0 saturated heterocycles. The average Bonchev–Trinajstić information content (AvgIpc) is 2.49. The van der Waals surface area contributed by atoms with Crippen LogP contribution in [-0.4, -0.2) is 18.4 Å². The molecular formula is C17H15ClF2N2O2. The van der Waals surface area contributed by atoms with E-state index in [-0.39, 0.29) is 0 Å². The molecular weight excluding hydrogens is 338 g/mol. The number of hydrogen-bond donors (Lipinski definition) is 1. The van der Waals surface area contributed by atoms with Crippen molar-refractivity contribution in [3.63, 3.8) is 0 Å². The SMILES string of the molecule is CC(=O)N(CC(=O)Nc1ccc(C)c(Cl)c1)c1c(F)cccc1F. The lowest BCUT2D eigenvalue weighted by atomic mass is 10.2. The van der Waals surface area contributed by atoms with E-state index < -0.39 is 35.7 Å². The zero-order chi connectivity index (χ0) is 17.9. The fourth-order valence-electron chi connectivity index (χ4n) is 2.11. The molecule has 0 unspecified atom stereocenters. The zero-order valence-electron chi connectivity index (χ0n) is 13.1. The van der Waals surface area contributed by atoms with E-state index >= 15 is 0 Å². The van der Waals surface area contributed by atoms with Crippen LogP contribution in [0.4, 0.5) is 20.2 Å². The standard InChI is InChI=1S/C17H15ClF2N2O2/c1-10-6-7-12(8-13(10)18)21-16(24)9-22(11(2)23)17-14(19)4-3-5-15(17)20/h3-8H,9H2,1-2H3,(H,21,24). The van der Waals surface area contributed by atoms with Gasteiger partial charge in [-0.1, -0.05) is 23.7 Å². The van der Waals surface area contributed by atoms with Crippen molar-refractivity contribution in [3.05, 3.63) is 58.6 Å². The molecule has 0 aliphatic carbocycles. The predicted octanol–water partition coefficient (Wildman–Crippen LogP) is 3.92. The van der Waals surface area contributed by atoms with Crippen molar-refractivity contribution in [1.29, 1.82) is 0 Å². The highest BCUT2D eigenvalue weighted by Gasteiger charge is 2.22. The largest absolute Gasteiger partial charge is 0.324 e. The summed E-state index contributed by atoms with van der Waals surface area (Å²) in [6.07, 6.45) is 0. The fraction of sp³-hybridized carbons (Fsp3) is 0.176. The first kappa shape index (κ1) is 17.9. The second kappa shape index (κ2) is 7.40. The normalized spacial score (nSPS) is 10.4. The first-order chi connectivity index (χ1) is 11.3. The summed E-state index contributed by atoms with van der Waals surface area (Å²) in [4.78, 5) is 24.6. The molecule has 4 nitrogen and oxygen atoms in total. The van der Waals surface area contributed by atoms with E-state index in [1.165, 1.54) is 6.07 Å². The smallest absolute Gasteiger partial charge is 0.244 e. The van der Waals surface area contributed by atoms with E-state index in [9.17, 15) is 18.4 Å². The highest BCUT2D eigenvalue weighted by Crippen LogP contribution is 2.24. The van der Waals surface area contributed by atoms with Gasteiger partial charge in [0.15, 0.2) is 0 Å². The number of nitrogens with zero attached hydrogens (tertiary/aromatic N) is 1. The van der Waals surface area contributed by atoms with Crippen LogP contribution in [0.1, 0.15) is 12.5 Å². The van der Waals surface area contributed by atoms with Crippen molar-refractivity contribution in [3.8, 4) is 0 Å². The van der Waals surface area contributed by atoms with Gasteiger partial charge in [0.25, 0.3) is 0 Å². The molecule has 24 heavy (non-hydrogen) atoms. The number of amides is 2. The number of halogens is 3. The molecule has 0 aliphatic rings. The Hall–Kier alpha value is -2.47. The molecule has 126 valence electrons. The topological polar surface area (TPSA) is 49.4 Å². The Morgan fingerprint density at radius 3 is 2.33 bits per heavy atom. The number of carbonyl (C=O) groups excluding carboxylic acids is 2. The second-order valence-electron chi connectivity index (χ2n) is 5.19. The lowest BCUT2D eigenvalue weighted by Gasteiger charge is -2.21. The van der Waals surface area contributed by atoms with E-state index in [1.54, 1.807) is 18.2 Å². The van der Waals surface area contributed by atoms with Gasteiger partial charge in [0, 0.05) is 17.6 Å². The molecule has 2 aromatic rings. The van der Waals surface area contributed by atoms with Gasteiger partial charge in [-0.3, -0.25) is 14.5 Å². The first-order valence-corrected chi connectivity index (χ1v) is 7.45. The Balaban J connectivity index is 2.20. The Bertz CT molecular complexity index is 776. The van der Waals surface area contributed by atoms with E-state index in [4.69, 9.17) is 11.6 Å². The third kappa shape index (κ3) is 4.08. The quantitative estimate of drug-likeness (QED) is 0.906. The number of hydrogen-bond acceptors (Lipinski definition) is 2. The minimum Gasteiger partial charge on any atom is -0.324 e. The van der Waals surface area contributed by atoms with Crippen LogP contribution in [0.5, 0.6) is 0 Å². The molecule has 1 N–H and O–H groups in total. The lowest BCUT2D eigenvalue weighted by Crippen LogP contribution is -2.37. The maximum atomic E-state index is 13.9. The molecule has 2 aromatic carbocycles. The molecule has 0 aliphatic heterocycles. The summed E-state index contributed by atoms with van der Waals surface area (Å²) in [6.45, 7) is 2.41. The molecule has 0 atom stereocenters. The van der Waals surface area contributed by atoms with Crippen LogP contribution in [0, 0.1) is 18.6 Å². The van der Waals surface area contributed by atoms with Crippen molar-refractivity contribution in [2.24, 2.45) is 0 Å². The van der Waals surface area contributed by atoms with Crippen LogP contribution in [0.3, 0.4) is 0 Å². The summed E-state index contributed by atoms with van der Waals surface area (Å²) in [5, 5.41) is 3.01. The maximum absolute atomic E-state index is 13.9. The van der Waals surface area contributed by atoms with Crippen LogP contribution in [0.25, 0.3) is 0 Å². The monoisotopic (exact) mass is 352 g/mol. The predicted molar refractivity (Wildman–Crippen MR) is 89.2 cm³/mol. The fourth-order valence-corrected chi connectivity index (χ4v) is 2.29. The van der Waals surface area contributed by atoms with Crippen molar-refractivity contribution in [2.75, 3.05) is 16.8 Å². The molecule has 0 aromatic heterocycles. The van der Waals surface area contributed by atoms with Crippen LogP contribution < -0.4 is 10.2 Å². The minimum atomic E-state index is -0.920. The summed E-state index contributed by atoms with van der Waals surface area (Å²) in [7, 11) is 0. The van der Waals surface area contributed by atoms with E-state index in [0.29, 0.717) is 10.7 Å². The van der Waals surface area contributed by atoms with Gasteiger partial charge >= 0.3 is 0 Å². The average molecular weight is 353 g/mol. The summed E-state index contributed by atoms with van der Waals surface area (Å²) in [6, 6.07) is 8.13. The molecule has 0 radical (unpaired) electrons. The first-order valence-electron chi connectivity index (χ1n) is 7.07. The maximum Gasteiger partial charge on any atom is 0.244 e. The second-order valence-corrected chi connectivity index (χ2v) is 5.59. The Morgan fingerprint density at radius 2 is 1.79 bits per heavy atom. The number of carbonyl (C=O) groups is 2. The number of aryl methyl sites for hydroxylation is 1.